The van der Waals surface area contributed by atoms with Gasteiger partial charge in [-0.15, -0.1) is 0 Å². The van der Waals surface area contributed by atoms with Crippen molar-refractivity contribution in [1.29, 1.82) is 0 Å². The molecule has 140 valence electrons. The molecule has 2 aromatic rings. The lowest BCUT2D eigenvalue weighted by Gasteiger charge is -2.22. The monoisotopic (exact) mass is 369 g/mol. The third-order valence-electron chi connectivity index (χ3n) is 4.50. The van der Waals surface area contributed by atoms with Crippen molar-refractivity contribution in [2.24, 2.45) is 7.05 Å². The van der Waals surface area contributed by atoms with E-state index < -0.39 is 11.9 Å². The van der Waals surface area contributed by atoms with Crippen molar-refractivity contribution in [2.75, 3.05) is 7.11 Å². The molecule has 0 radical (unpaired) electrons. The van der Waals surface area contributed by atoms with Crippen LogP contribution < -0.4 is 15.7 Å². The number of imide groups is 1. The highest BCUT2D eigenvalue weighted by Crippen LogP contribution is 2.29. The van der Waals surface area contributed by atoms with Crippen LogP contribution in [0.3, 0.4) is 0 Å². The van der Waals surface area contributed by atoms with Crippen LogP contribution in [0.4, 0.5) is 0 Å². The maximum atomic E-state index is 12.9. The second-order valence-electron chi connectivity index (χ2n) is 6.37. The van der Waals surface area contributed by atoms with E-state index >= 15 is 0 Å². The fraction of sp³-hybridized carbons (Fsp3) is 0.368. The van der Waals surface area contributed by atoms with Crippen LogP contribution in [0, 0.1) is 11.8 Å². The van der Waals surface area contributed by atoms with E-state index in [0.717, 1.165) is 0 Å². The number of carbonyl (C=O) groups is 3. The lowest BCUT2D eigenvalue weighted by atomic mass is 10.1. The fourth-order valence-electron chi connectivity index (χ4n) is 3.23. The van der Waals surface area contributed by atoms with Crippen LogP contribution in [0.2, 0.25) is 0 Å². The number of ketones is 1. The number of aryl methyl sites for hydroxylation is 1. The number of nitrogens with one attached hydrogen (secondary N) is 1. The minimum absolute atomic E-state index is 0.0661. The first-order valence-electron chi connectivity index (χ1n) is 8.45. The number of piperidine rings is 1. The first-order valence-corrected chi connectivity index (χ1v) is 8.45. The average Bonchev–Trinajstić information content (AvgIpc) is 2.86. The summed E-state index contributed by atoms with van der Waals surface area (Å²) in [5.41, 5.74) is 1.12. The molecule has 1 aromatic heterocycles. The number of rotatable bonds is 3. The Balaban J connectivity index is 2.24. The Morgan fingerprint density at radius 1 is 1.33 bits per heavy atom. The number of nitrogens with zero attached hydrogens (tertiary/aromatic N) is 2. The largest absolute Gasteiger partial charge is 0.495 e. The van der Waals surface area contributed by atoms with Crippen LogP contribution >= 0.6 is 0 Å². The van der Waals surface area contributed by atoms with Crippen LogP contribution in [0.5, 0.6) is 5.75 Å². The van der Waals surface area contributed by atoms with E-state index in [-0.39, 0.29) is 36.6 Å². The van der Waals surface area contributed by atoms with Gasteiger partial charge in [-0.3, -0.25) is 28.8 Å². The Hall–Kier alpha value is -3.34. The zero-order valence-electron chi connectivity index (χ0n) is 15.3. The van der Waals surface area contributed by atoms with Gasteiger partial charge in [-0.25, -0.2) is 4.79 Å². The number of carbonyl (C=O) groups excluding carboxylic acids is 3. The molecule has 1 fully saturated rings. The van der Waals surface area contributed by atoms with E-state index in [0.29, 0.717) is 22.3 Å². The number of amides is 2. The summed E-state index contributed by atoms with van der Waals surface area (Å²) in [5, 5.41) is 2.28. The quantitative estimate of drug-likeness (QED) is 0.633. The molecule has 8 heteroatoms. The second-order valence-corrected chi connectivity index (χ2v) is 6.37. The minimum atomic E-state index is -0.773. The summed E-state index contributed by atoms with van der Waals surface area (Å²) < 4.78 is 8.14. The molecule has 0 aliphatic carbocycles. The molecule has 1 N–H and O–H groups in total. The SMILES string of the molecule is COc1ccc2c(c1C#CCC(C)=O)n(C)c(=O)n2C1CCC(=O)NC1=O. The van der Waals surface area contributed by atoms with Crippen molar-refractivity contribution in [2.45, 2.75) is 32.2 Å². The second kappa shape index (κ2) is 7.11. The Labute approximate surface area is 155 Å². The molecular formula is C19H19N3O5. The number of ether oxygens (including phenoxy) is 1. The summed E-state index contributed by atoms with van der Waals surface area (Å²) in [6.45, 7) is 1.45. The predicted octanol–water partition coefficient (Wildman–Crippen LogP) is 0.657. The molecule has 0 spiro atoms. The maximum absolute atomic E-state index is 12.9. The third kappa shape index (κ3) is 3.24. The van der Waals surface area contributed by atoms with Crippen LogP contribution in [0.1, 0.15) is 37.8 Å². The van der Waals surface area contributed by atoms with E-state index in [1.54, 1.807) is 19.2 Å². The Morgan fingerprint density at radius 3 is 2.70 bits per heavy atom. The molecule has 2 amide bonds. The van der Waals surface area contributed by atoms with E-state index in [1.807, 2.05) is 0 Å². The van der Waals surface area contributed by atoms with Gasteiger partial charge >= 0.3 is 5.69 Å². The molecule has 1 unspecified atom stereocenters. The number of Topliss-reactive ketones (excluding diaryl/α,β-unsaturated/α-hetero) is 1. The fourth-order valence-corrected chi connectivity index (χ4v) is 3.23. The van der Waals surface area contributed by atoms with Crippen LogP contribution in [-0.2, 0) is 21.4 Å². The number of fused-ring (bicyclic) bond motifs is 1. The van der Waals surface area contributed by atoms with Crippen molar-refractivity contribution in [3.63, 3.8) is 0 Å². The summed E-state index contributed by atoms with van der Waals surface area (Å²) >= 11 is 0. The summed E-state index contributed by atoms with van der Waals surface area (Å²) in [4.78, 5) is 47.7. The van der Waals surface area contributed by atoms with E-state index in [4.69, 9.17) is 4.74 Å². The van der Waals surface area contributed by atoms with E-state index in [2.05, 4.69) is 17.2 Å². The van der Waals surface area contributed by atoms with Gasteiger partial charge in [0.2, 0.25) is 11.8 Å². The Morgan fingerprint density at radius 2 is 2.07 bits per heavy atom. The molecule has 0 saturated carbocycles. The molecule has 1 aliphatic rings. The molecule has 8 nitrogen and oxygen atoms in total. The Bertz CT molecular complexity index is 1080. The van der Waals surface area contributed by atoms with Crippen LogP contribution in [-0.4, -0.2) is 33.8 Å². The maximum Gasteiger partial charge on any atom is 0.329 e. The van der Waals surface area contributed by atoms with Gasteiger partial charge in [-0.2, -0.15) is 0 Å². The zero-order chi connectivity index (χ0) is 19.7. The standard InChI is InChI=1S/C19H19N3O5/c1-11(23)5-4-6-12-15(27-3)9-7-13-17(12)21(2)19(26)22(13)14-8-10-16(24)20-18(14)25/h7,9,14H,5,8,10H2,1-3H3,(H,20,24,25). The van der Waals surface area contributed by atoms with Gasteiger partial charge < -0.3 is 4.74 Å². The van der Waals surface area contributed by atoms with Crippen molar-refractivity contribution < 1.29 is 19.1 Å². The molecule has 27 heavy (non-hydrogen) atoms. The smallest absolute Gasteiger partial charge is 0.329 e. The molecule has 0 bridgehead atoms. The molecule has 1 atom stereocenters. The summed E-state index contributed by atoms with van der Waals surface area (Å²) in [6.07, 6.45) is 0.503. The first-order chi connectivity index (χ1) is 12.8. The molecule has 2 heterocycles. The van der Waals surface area contributed by atoms with Crippen LogP contribution in [0.25, 0.3) is 11.0 Å². The van der Waals surface area contributed by atoms with Gasteiger partial charge in [-0.05, 0) is 25.5 Å². The first kappa shape index (κ1) is 18.5. The highest BCUT2D eigenvalue weighted by Gasteiger charge is 2.31. The van der Waals surface area contributed by atoms with Gasteiger partial charge in [0.1, 0.15) is 17.6 Å². The third-order valence-corrected chi connectivity index (χ3v) is 4.50. The van der Waals surface area contributed by atoms with Crippen molar-refractivity contribution in [1.82, 2.24) is 14.5 Å². The highest BCUT2D eigenvalue weighted by atomic mass is 16.5. The zero-order valence-corrected chi connectivity index (χ0v) is 15.3. The van der Waals surface area contributed by atoms with E-state index in [9.17, 15) is 19.2 Å². The van der Waals surface area contributed by atoms with Crippen LogP contribution in [0.15, 0.2) is 16.9 Å². The number of imidazole rings is 1. The number of benzene rings is 1. The minimum Gasteiger partial charge on any atom is -0.495 e. The molecule has 3 rings (SSSR count). The number of hydrogen-bond donors (Lipinski definition) is 1. The summed E-state index contributed by atoms with van der Waals surface area (Å²) in [6, 6.07) is 2.59. The van der Waals surface area contributed by atoms with Gasteiger partial charge in [0.25, 0.3) is 0 Å². The molecule has 1 saturated heterocycles. The Kier molecular flexibility index (Phi) is 4.86. The van der Waals surface area contributed by atoms with Crippen molar-refractivity contribution in [3.05, 3.63) is 28.2 Å². The van der Waals surface area contributed by atoms with Crippen molar-refractivity contribution >= 4 is 28.6 Å². The van der Waals surface area contributed by atoms with Gasteiger partial charge in [0.15, 0.2) is 0 Å². The van der Waals surface area contributed by atoms with Gasteiger partial charge in [0.05, 0.1) is 30.1 Å². The average molecular weight is 369 g/mol. The molecular weight excluding hydrogens is 350 g/mol. The lowest BCUT2D eigenvalue weighted by Crippen LogP contribution is -2.44. The number of methoxy groups -OCH3 is 1. The number of hydrogen-bond acceptors (Lipinski definition) is 5. The van der Waals surface area contributed by atoms with E-state index in [1.165, 1.54) is 23.2 Å². The normalized spacial score (nSPS) is 16.6. The topological polar surface area (TPSA) is 99.4 Å². The lowest BCUT2D eigenvalue weighted by molar-refractivity contribution is -0.135. The van der Waals surface area contributed by atoms with Gasteiger partial charge in [-0.1, -0.05) is 11.8 Å². The summed E-state index contributed by atoms with van der Waals surface area (Å²) in [5.74, 6) is 5.26. The number of aromatic nitrogens is 2. The van der Waals surface area contributed by atoms with Gasteiger partial charge in [0, 0.05) is 13.5 Å². The summed E-state index contributed by atoms with van der Waals surface area (Å²) in [7, 11) is 3.08. The highest BCUT2D eigenvalue weighted by molar-refractivity contribution is 6.00. The molecule has 1 aliphatic heterocycles. The van der Waals surface area contributed by atoms with Crippen molar-refractivity contribution in [3.8, 4) is 17.6 Å². The molecule has 1 aromatic carbocycles. The predicted molar refractivity (Wildman–Crippen MR) is 97.3 cm³/mol.